The minimum absolute atomic E-state index is 0.0118. The van der Waals surface area contributed by atoms with Crippen LogP contribution in [-0.2, 0) is 37.8 Å². The first-order chi connectivity index (χ1) is 16.4. The highest BCUT2D eigenvalue weighted by molar-refractivity contribution is 9.10. The normalized spacial score (nSPS) is 12.0. The monoisotopic (exact) mass is 582 g/mol. The van der Waals surface area contributed by atoms with Gasteiger partial charge in [0.1, 0.15) is 5.75 Å². The van der Waals surface area contributed by atoms with Crippen molar-refractivity contribution in [2.45, 2.75) is 22.8 Å². The Morgan fingerprint density at radius 2 is 1.54 bits per heavy atom. The number of hydrogen-bond acceptors (Lipinski definition) is 6. The van der Waals surface area contributed by atoms with E-state index in [1.807, 2.05) is 0 Å². The van der Waals surface area contributed by atoms with E-state index in [9.17, 15) is 21.6 Å². The summed E-state index contributed by atoms with van der Waals surface area (Å²) < 4.78 is 57.1. The third kappa shape index (κ3) is 7.61. The van der Waals surface area contributed by atoms with Gasteiger partial charge in [0.15, 0.2) is 6.61 Å². The Labute approximate surface area is 212 Å². The molecule has 3 aromatic rings. The van der Waals surface area contributed by atoms with Crippen LogP contribution in [0.15, 0.2) is 87.1 Å². The van der Waals surface area contributed by atoms with Crippen molar-refractivity contribution in [3.05, 3.63) is 88.4 Å². The number of carboxylic acid groups (broad SMARTS) is 1. The van der Waals surface area contributed by atoms with E-state index in [4.69, 9.17) is 15.0 Å². The Bertz CT molecular complexity index is 1390. The Hall–Kier alpha value is -2.77. The van der Waals surface area contributed by atoms with E-state index in [-0.39, 0.29) is 22.9 Å². The Morgan fingerprint density at radius 1 is 0.914 bits per heavy atom. The molecule has 0 heterocycles. The van der Waals surface area contributed by atoms with E-state index in [0.29, 0.717) is 17.7 Å². The first-order valence-corrected chi connectivity index (χ1v) is 14.0. The van der Waals surface area contributed by atoms with Gasteiger partial charge in [0.2, 0.25) is 20.0 Å². The van der Waals surface area contributed by atoms with Crippen LogP contribution < -0.4 is 9.88 Å². The first kappa shape index (κ1) is 26.8. The Balaban J connectivity index is 1.86. The van der Waals surface area contributed by atoms with Crippen molar-refractivity contribution in [3.8, 4) is 5.75 Å². The van der Waals surface area contributed by atoms with Gasteiger partial charge in [0, 0.05) is 17.6 Å². The first-order valence-electron chi connectivity index (χ1n) is 10.3. The van der Waals surface area contributed by atoms with Crippen LogP contribution in [0.25, 0.3) is 0 Å². The van der Waals surface area contributed by atoms with Gasteiger partial charge in [-0.25, -0.2) is 26.8 Å². The zero-order chi connectivity index (χ0) is 25.6. The third-order valence-corrected chi connectivity index (χ3v) is 8.29. The predicted octanol–water partition coefficient (Wildman–Crippen LogP) is 2.99. The molecule has 0 unspecified atom stereocenters. The van der Waals surface area contributed by atoms with E-state index in [2.05, 4.69) is 15.9 Å². The van der Waals surface area contributed by atoms with E-state index in [0.717, 1.165) is 10.0 Å². The average molecular weight is 583 g/mol. The van der Waals surface area contributed by atoms with Gasteiger partial charge in [-0.05, 0) is 66.1 Å². The van der Waals surface area contributed by atoms with E-state index < -0.39 is 32.6 Å². The summed E-state index contributed by atoms with van der Waals surface area (Å²) in [5.74, 6) is -0.812. The molecular weight excluding hydrogens is 560 g/mol. The predicted molar refractivity (Wildman–Crippen MR) is 133 cm³/mol. The largest absolute Gasteiger partial charge is 0.482 e. The summed E-state index contributed by atoms with van der Waals surface area (Å²) >= 11 is 3.30. The highest BCUT2D eigenvalue weighted by Gasteiger charge is 2.25. The number of rotatable bonds is 11. The van der Waals surface area contributed by atoms with Gasteiger partial charge in [-0.1, -0.05) is 40.2 Å². The maximum absolute atomic E-state index is 13.5. The zero-order valence-corrected chi connectivity index (χ0v) is 21.6. The molecule has 9 nitrogen and oxygen atoms in total. The molecule has 186 valence electrons. The summed E-state index contributed by atoms with van der Waals surface area (Å²) in [6.07, 6.45) is 0.315. The van der Waals surface area contributed by atoms with Crippen molar-refractivity contribution in [3.63, 3.8) is 0 Å². The molecule has 3 rings (SSSR count). The molecule has 0 radical (unpaired) electrons. The van der Waals surface area contributed by atoms with Gasteiger partial charge >= 0.3 is 5.97 Å². The molecule has 35 heavy (non-hydrogen) atoms. The number of primary sulfonamides is 1. The van der Waals surface area contributed by atoms with Crippen LogP contribution in [0.5, 0.6) is 5.75 Å². The summed E-state index contributed by atoms with van der Waals surface area (Å²) in [4.78, 5) is 10.9. The average Bonchev–Trinajstić information content (AvgIpc) is 2.80. The van der Waals surface area contributed by atoms with Crippen LogP contribution >= 0.6 is 15.9 Å². The number of benzene rings is 3. The standard InChI is InChI=1S/C23H23BrN2O7S2/c24-19-6-10-22(11-7-19)35(31,32)26(13-12-17-4-8-21(9-5-17)34(25,29)30)15-18-2-1-3-20(14-18)33-16-23(27)28/h1-11,14H,12-13,15-16H2,(H,27,28)(H2,25,29,30). The van der Waals surface area contributed by atoms with Crippen molar-refractivity contribution in [2.75, 3.05) is 13.2 Å². The van der Waals surface area contributed by atoms with Gasteiger partial charge in [-0.15, -0.1) is 0 Å². The fourth-order valence-corrected chi connectivity index (χ4v) is 5.43. The van der Waals surface area contributed by atoms with Gasteiger partial charge in [0.05, 0.1) is 9.79 Å². The fraction of sp³-hybridized carbons (Fsp3) is 0.174. The van der Waals surface area contributed by atoms with Crippen LogP contribution in [-0.4, -0.2) is 45.4 Å². The Morgan fingerprint density at radius 3 is 2.14 bits per heavy atom. The molecular formula is C23H23BrN2O7S2. The molecule has 0 saturated heterocycles. The highest BCUT2D eigenvalue weighted by Crippen LogP contribution is 2.23. The lowest BCUT2D eigenvalue weighted by Crippen LogP contribution is -2.32. The molecule has 0 fully saturated rings. The van der Waals surface area contributed by atoms with Crippen molar-refractivity contribution in [1.29, 1.82) is 0 Å². The van der Waals surface area contributed by atoms with E-state index in [1.54, 1.807) is 48.5 Å². The minimum Gasteiger partial charge on any atom is -0.482 e. The molecule has 0 saturated carbocycles. The molecule has 12 heteroatoms. The van der Waals surface area contributed by atoms with Gasteiger partial charge < -0.3 is 9.84 Å². The molecule has 0 aliphatic heterocycles. The van der Waals surface area contributed by atoms with Crippen LogP contribution in [0, 0.1) is 0 Å². The number of carbonyl (C=O) groups is 1. The third-order valence-electron chi connectivity index (χ3n) is 4.97. The smallest absolute Gasteiger partial charge is 0.341 e. The number of hydrogen-bond donors (Lipinski definition) is 2. The molecule has 0 atom stereocenters. The van der Waals surface area contributed by atoms with Crippen molar-refractivity contribution >= 4 is 41.9 Å². The van der Waals surface area contributed by atoms with Crippen LogP contribution in [0.2, 0.25) is 0 Å². The van der Waals surface area contributed by atoms with Gasteiger partial charge in [0.25, 0.3) is 0 Å². The molecule has 0 aliphatic carbocycles. The zero-order valence-electron chi connectivity index (χ0n) is 18.4. The summed E-state index contributed by atoms with van der Waals surface area (Å²) in [7, 11) is -7.72. The summed E-state index contributed by atoms with van der Waals surface area (Å²) in [6, 6.07) is 18.8. The number of nitrogens with two attached hydrogens (primary N) is 1. The number of aliphatic carboxylic acids is 1. The van der Waals surface area contributed by atoms with E-state index in [1.165, 1.54) is 28.6 Å². The lowest BCUT2D eigenvalue weighted by molar-refractivity contribution is -0.139. The molecule has 0 bridgehead atoms. The SMILES string of the molecule is NS(=O)(=O)c1ccc(CCN(Cc2cccc(OCC(=O)O)c2)S(=O)(=O)c2ccc(Br)cc2)cc1. The second kappa shape index (κ2) is 11.3. The number of halogens is 1. The summed E-state index contributed by atoms with van der Waals surface area (Å²) in [6.45, 7) is -0.399. The molecule has 3 N–H and O–H groups in total. The second-order valence-electron chi connectivity index (χ2n) is 7.56. The van der Waals surface area contributed by atoms with Crippen LogP contribution in [0.3, 0.4) is 0 Å². The number of nitrogens with zero attached hydrogens (tertiary/aromatic N) is 1. The summed E-state index contributed by atoms with van der Waals surface area (Å²) in [5, 5.41) is 14.0. The maximum Gasteiger partial charge on any atom is 0.341 e. The number of ether oxygens (including phenoxy) is 1. The topological polar surface area (TPSA) is 144 Å². The van der Waals surface area contributed by atoms with Crippen LogP contribution in [0.4, 0.5) is 0 Å². The fourth-order valence-electron chi connectivity index (χ4n) is 3.22. The Kier molecular flexibility index (Phi) is 8.67. The molecule has 3 aromatic carbocycles. The highest BCUT2D eigenvalue weighted by atomic mass is 79.9. The lowest BCUT2D eigenvalue weighted by atomic mass is 10.1. The molecule has 0 aromatic heterocycles. The minimum atomic E-state index is -3.89. The number of carboxylic acids is 1. The quantitative estimate of drug-likeness (QED) is 0.353. The lowest BCUT2D eigenvalue weighted by Gasteiger charge is -2.23. The van der Waals surface area contributed by atoms with Crippen molar-refractivity contribution in [1.82, 2.24) is 4.31 Å². The number of sulfonamides is 2. The van der Waals surface area contributed by atoms with Gasteiger partial charge in [-0.2, -0.15) is 4.31 Å². The van der Waals surface area contributed by atoms with E-state index >= 15 is 0 Å². The van der Waals surface area contributed by atoms with Crippen molar-refractivity contribution < 1.29 is 31.5 Å². The molecule has 0 spiro atoms. The van der Waals surface area contributed by atoms with Crippen LogP contribution in [0.1, 0.15) is 11.1 Å². The summed E-state index contributed by atoms with van der Waals surface area (Å²) in [5.41, 5.74) is 1.34. The van der Waals surface area contributed by atoms with Gasteiger partial charge in [-0.3, -0.25) is 0 Å². The van der Waals surface area contributed by atoms with Crippen molar-refractivity contribution in [2.24, 2.45) is 5.14 Å². The molecule has 0 aliphatic rings. The second-order valence-corrected chi connectivity index (χ2v) is 12.0. The molecule has 0 amide bonds. The maximum atomic E-state index is 13.5.